The molecule has 3 aliphatic rings. The molecule has 330 valence electrons. The summed E-state index contributed by atoms with van der Waals surface area (Å²) in [6.45, 7) is 0. The van der Waals surface area contributed by atoms with E-state index in [1.54, 1.807) is 0 Å². The summed E-state index contributed by atoms with van der Waals surface area (Å²) in [6.07, 6.45) is 0. The van der Waals surface area contributed by atoms with Gasteiger partial charge in [0, 0.05) is 66.8 Å². The van der Waals surface area contributed by atoms with Crippen molar-refractivity contribution in [2.45, 2.75) is 0 Å². The SMILES string of the molecule is C(#Cc1c2nc(c(C#Cc3ccccc3)c3[n-]c(c(C#Cc4ccccc4)c4nc(c(C#Cc5ccccc5)c5[n-]c1c1ccccc51)-c1ccccc1-4)c1ccccc31)-c1ccccc1-2)c1ccccc1.[Zn+2]. The first-order valence-electron chi connectivity index (χ1n) is 23.7. The Morgan fingerprint density at radius 3 is 0.671 bits per heavy atom. The van der Waals surface area contributed by atoms with Crippen LogP contribution in [0.1, 0.15) is 44.5 Å². The van der Waals surface area contributed by atoms with Crippen LogP contribution in [-0.2, 0) is 19.5 Å². The Hall–Kier alpha value is -9.74. The summed E-state index contributed by atoms with van der Waals surface area (Å²) in [7, 11) is 0. The molecule has 13 rings (SSSR count). The third-order valence-corrected chi connectivity index (χ3v) is 13.0. The monoisotopic (exact) mass is 972 g/mol. The summed E-state index contributed by atoms with van der Waals surface area (Å²) in [5, 5.41) is 3.67. The molecule has 2 aliphatic heterocycles. The fourth-order valence-electron chi connectivity index (χ4n) is 9.58. The Morgan fingerprint density at radius 1 is 0.233 bits per heavy atom. The van der Waals surface area contributed by atoms with E-state index in [0.29, 0.717) is 67.1 Å². The first-order chi connectivity index (χ1) is 35.7. The minimum Gasteiger partial charge on any atom is -0.655 e. The Kier molecular flexibility index (Phi) is 11.7. The van der Waals surface area contributed by atoms with E-state index in [2.05, 4.69) is 144 Å². The number of hydrogen-bond acceptors (Lipinski definition) is 2. The number of hydrogen-bond donors (Lipinski definition) is 0. The smallest absolute Gasteiger partial charge is 0.655 e. The number of benzene rings is 8. The van der Waals surface area contributed by atoms with Gasteiger partial charge in [0.1, 0.15) is 0 Å². The average molecular weight is 974 g/mol. The third-order valence-electron chi connectivity index (χ3n) is 13.0. The van der Waals surface area contributed by atoms with Crippen molar-refractivity contribution in [3.8, 4) is 92.4 Å². The van der Waals surface area contributed by atoms with Crippen LogP contribution in [0.3, 0.4) is 0 Å². The predicted molar refractivity (Wildman–Crippen MR) is 293 cm³/mol. The zero-order valence-electron chi connectivity index (χ0n) is 39.3. The molecular formula is C68H36N4Zn. The maximum Gasteiger partial charge on any atom is 2.00 e. The van der Waals surface area contributed by atoms with E-state index >= 15 is 0 Å². The van der Waals surface area contributed by atoms with Crippen molar-refractivity contribution < 1.29 is 19.5 Å². The Bertz CT molecular complexity index is 3880. The molecule has 10 aromatic rings. The van der Waals surface area contributed by atoms with Gasteiger partial charge in [0.15, 0.2) is 0 Å². The van der Waals surface area contributed by atoms with Crippen molar-refractivity contribution >= 4 is 43.6 Å². The van der Waals surface area contributed by atoms with Gasteiger partial charge in [-0.15, -0.1) is 22.1 Å². The predicted octanol–water partition coefficient (Wildman–Crippen LogP) is 14.1. The van der Waals surface area contributed by atoms with Crippen LogP contribution in [0, 0.1) is 47.4 Å². The molecule has 0 amide bonds. The Morgan fingerprint density at radius 2 is 0.438 bits per heavy atom. The van der Waals surface area contributed by atoms with Gasteiger partial charge >= 0.3 is 19.5 Å². The largest absolute Gasteiger partial charge is 2.00 e. The van der Waals surface area contributed by atoms with E-state index in [4.69, 9.17) is 19.9 Å². The molecule has 8 bridgehead atoms. The van der Waals surface area contributed by atoms with Gasteiger partial charge in [0.25, 0.3) is 0 Å². The number of nitrogens with zero attached hydrogens (tertiary/aromatic N) is 4. The molecule has 0 fully saturated rings. The van der Waals surface area contributed by atoms with E-state index in [1.165, 1.54) is 0 Å². The van der Waals surface area contributed by atoms with Gasteiger partial charge < -0.3 is 9.97 Å². The van der Waals surface area contributed by atoms with Gasteiger partial charge in [0.05, 0.1) is 22.8 Å². The molecule has 4 heterocycles. The van der Waals surface area contributed by atoms with Gasteiger partial charge in [-0.25, -0.2) is 9.97 Å². The minimum atomic E-state index is 0. The van der Waals surface area contributed by atoms with E-state index < -0.39 is 0 Å². The van der Waals surface area contributed by atoms with Gasteiger partial charge in [-0.05, 0) is 70.1 Å². The molecule has 0 unspecified atom stereocenters. The van der Waals surface area contributed by atoms with Crippen molar-refractivity contribution in [3.63, 3.8) is 0 Å². The van der Waals surface area contributed by atoms with Gasteiger partial charge in [-0.2, -0.15) is 0 Å². The van der Waals surface area contributed by atoms with Crippen LogP contribution in [0.2, 0.25) is 0 Å². The first kappa shape index (κ1) is 44.5. The second-order valence-electron chi connectivity index (χ2n) is 17.4. The number of aromatic nitrogens is 4. The van der Waals surface area contributed by atoms with Gasteiger partial charge in [-0.1, -0.05) is 217 Å². The molecule has 0 N–H and O–H groups in total. The molecule has 4 nitrogen and oxygen atoms in total. The van der Waals surface area contributed by atoms with Crippen molar-refractivity contribution in [1.82, 2.24) is 19.9 Å². The molecule has 5 heteroatoms. The summed E-state index contributed by atoms with van der Waals surface area (Å²) >= 11 is 0. The van der Waals surface area contributed by atoms with Crippen molar-refractivity contribution in [3.05, 3.63) is 263 Å². The van der Waals surface area contributed by atoms with E-state index in [1.807, 2.05) is 121 Å². The molecule has 0 radical (unpaired) electrons. The molecule has 1 aliphatic carbocycles. The summed E-state index contributed by atoms with van der Waals surface area (Å²) < 4.78 is 0. The summed E-state index contributed by atoms with van der Waals surface area (Å²) in [5.74, 6) is 28.7. The summed E-state index contributed by atoms with van der Waals surface area (Å²) in [6, 6.07) is 73.5. The van der Waals surface area contributed by atoms with Crippen LogP contribution in [-0.4, -0.2) is 9.97 Å². The van der Waals surface area contributed by atoms with Crippen molar-refractivity contribution in [2.24, 2.45) is 0 Å². The maximum atomic E-state index is 5.69. The normalized spacial score (nSPS) is 10.7. The van der Waals surface area contributed by atoms with Crippen LogP contribution < -0.4 is 9.97 Å². The molecule has 0 saturated carbocycles. The molecule has 0 spiro atoms. The van der Waals surface area contributed by atoms with Crippen LogP contribution in [0.25, 0.3) is 88.6 Å². The minimum absolute atomic E-state index is 0. The topological polar surface area (TPSA) is 54.0 Å². The molecule has 2 aromatic heterocycles. The average Bonchev–Trinajstić information content (AvgIpc) is 4.23. The Balaban J connectivity index is 0.00000543. The second kappa shape index (κ2) is 19.2. The molecule has 73 heavy (non-hydrogen) atoms. The van der Waals surface area contributed by atoms with Gasteiger partial charge in [-0.3, -0.25) is 0 Å². The maximum absolute atomic E-state index is 5.69. The second-order valence-corrected chi connectivity index (χ2v) is 17.4. The van der Waals surface area contributed by atoms with Crippen LogP contribution in [0.5, 0.6) is 0 Å². The van der Waals surface area contributed by atoms with Crippen LogP contribution in [0.15, 0.2) is 218 Å². The number of rotatable bonds is 0. The van der Waals surface area contributed by atoms with Crippen LogP contribution in [0.4, 0.5) is 0 Å². The molecule has 0 atom stereocenters. The Labute approximate surface area is 435 Å². The van der Waals surface area contributed by atoms with E-state index in [-0.39, 0.29) is 19.5 Å². The quantitative estimate of drug-likeness (QED) is 0.112. The van der Waals surface area contributed by atoms with Gasteiger partial charge in [0.2, 0.25) is 0 Å². The molecular weight excluding hydrogens is 938 g/mol. The molecule has 0 saturated heterocycles. The summed E-state index contributed by atoms with van der Waals surface area (Å²) in [4.78, 5) is 22.8. The van der Waals surface area contributed by atoms with Crippen molar-refractivity contribution in [1.29, 1.82) is 0 Å². The third kappa shape index (κ3) is 8.18. The zero-order valence-corrected chi connectivity index (χ0v) is 42.2. The fraction of sp³-hybridized carbons (Fsp3) is 0. The zero-order chi connectivity index (χ0) is 47.8. The fourth-order valence-corrected chi connectivity index (χ4v) is 9.58. The van der Waals surface area contributed by atoms with E-state index in [9.17, 15) is 0 Å². The molecule has 8 aromatic carbocycles. The standard InChI is InChI=1S/C68H36N4.Zn/c1-5-21-45(22-6-1)37-41-57-61-49-29-13-15-31-51(49)63(69-61)58(42-38-46-23-7-2-8-24-46)65-53-33-17-19-35-55(53)67(71-65)60(44-40-48-27-11-4-12-28-48)68-56-36-20-18-34-54(56)66(72-68)59(43-39-47-25-9-3-10-26-47)64-52-32-16-14-30-50(52)62(57)70-64;/h1-36H;/q-2;+2. The van der Waals surface area contributed by atoms with E-state index in [0.717, 1.165) is 66.1 Å². The van der Waals surface area contributed by atoms with Crippen molar-refractivity contribution in [2.75, 3.05) is 0 Å². The summed E-state index contributed by atoms with van der Waals surface area (Å²) in [5.41, 5.74) is 15.4. The first-order valence-corrected chi connectivity index (χ1v) is 23.7. The van der Waals surface area contributed by atoms with Crippen LogP contribution >= 0.6 is 0 Å².